The summed E-state index contributed by atoms with van der Waals surface area (Å²) >= 11 is 0. The summed E-state index contributed by atoms with van der Waals surface area (Å²) in [5, 5.41) is 3.76. The van der Waals surface area contributed by atoms with E-state index in [1.54, 1.807) is 36.4 Å². The van der Waals surface area contributed by atoms with Crippen LogP contribution in [0.15, 0.2) is 48.5 Å². The third-order valence-corrected chi connectivity index (χ3v) is 5.51. The number of nitrogens with one attached hydrogen (secondary N) is 2. The number of ether oxygens (including phenoxy) is 2. The first-order valence-corrected chi connectivity index (χ1v) is 11.5. The number of esters is 1. The standard InChI is InChI=1S/C26H31N3O6/c1-5-34-21-9-7-6-8-20(21)27-22(30)16-35-25(33)18-14-23(31)29(15-18)28-24(32)17-10-12-19(13-11-17)26(2,3)4/h6-13,18H,5,14-16H2,1-4H3,(H,27,30)(H,28,32)/t18-/m0/s1. The molecule has 0 aromatic heterocycles. The second kappa shape index (κ2) is 11.0. The molecule has 0 aliphatic carbocycles. The van der Waals surface area contributed by atoms with E-state index in [2.05, 4.69) is 31.5 Å². The van der Waals surface area contributed by atoms with E-state index < -0.39 is 36.2 Å². The zero-order valence-corrected chi connectivity index (χ0v) is 20.4. The van der Waals surface area contributed by atoms with Crippen LogP contribution in [0.5, 0.6) is 5.75 Å². The summed E-state index contributed by atoms with van der Waals surface area (Å²) in [5.74, 6) is -2.33. The topological polar surface area (TPSA) is 114 Å². The summed E-state index contributed by atoms with van der Waals surface area (Å²) in [7, 11) is 0. The lowest BCUT2D eigenvalue weighted by atomic mass is 9.87. The number of carbonyl (C=O) groups is 4. The van der Waals surface area contributed by atoms with Crippen molar-refractivity contribution in [2.45, 2.75) is 39.5 Å². The summed E-state index contributed by atoms with van der Waals surface area (Å²) in [6, 6.07) is 14.1. The van der Waals surface area contributed by atoms with Crippen LogP contribution in [0.4, 0.5) is 5.69 Å². The second-order valence-electron chi connectivity index (χ2n) is 9.26. The number of anilines is 1. The lowest BCUT2D eigenvalue weighted by Crippen LogP contribution is -2.43. The Bertz CT molecular complexity index is 1090. The van der Waals surface area contributed by atoms with Gasteiger partial charge in [-0.2, -0.15) is 0 Å². The quantitative estimate of drug-likeness (QED) is 0.560. The minimum absolute atomic E-state index is 0.0295. The van der Waals surface area contributed by atoms with Crippen LogP contribution in [0.3, 0.4) is 0 Å². The van der Waals surface area contributed by atoms with Crippen molar-refractivity contribution >= 4 is 29.4 Å². The minimum Gasteiger partial charge on any atom is -0.492 e. The summed E-state index contributed by atoms with van der Waals surface area (Å²) in [6.07, 6.45) is -0.114. The Morgan fingerprint density at radius 3 is 2.40 bits per heavy atom. The largest absolute Gasteiger partial charge is 0.492 e. The van der Waals surface area contributed by atoms with Gasteiger partial charge in [0.05, 0.1) is 24.8 Å². The molecule has 1 fully saturated rings. The molecule has 3 rings (SSSR count). The van der Waals surface area contributed by atoms with Crippen molar-refractivity contribution < 1.29 is 28.7 Å². The van der Waals surface area contributed by atoms with Crippen LogP contribution in [-0.4, -0.2) is 48.5 Å². The van der Waals surface area contributed by atoms with E-state index >= 15 is 0 Å². The van der Waals surface area contributed by atoms with Crippen LogP contribution in [0, 0.1) is 5.92 Å². The number of rotatable bonds is 8. The Balaban J connectivity index is 1.50. The van der Waals surface area contributed by atoms with Gasteiger partial charge in [-0.3, -0.25) is 29.6 Å². The van der Waals surface area contributed by atoms with Crippen LogP contribution >= 0.6 is 0 Å². The van der Waals surface area contributed by atoms with Gasteiger partial charge in [0.15, 0.2) is 6.61 Å². The van der Waals surface area contributed by atoms with Crippen molar-refractivity contribution in [3.8, 4) is 5.75 Å². The molecule has 3 amide bonds. The summed E-state index contributed by atoms with van der Waals surface area (Å²) in [4.78, 5) is 49.6. The summed E-state index contributed by atoms with van der Waals surface area (Å²) < 4.78 is 10.6. The molecule has 2 N–H and O–H groups in total. The first-order chi connectivity index (χ1) is 16.6. The van der Waals surface area contributed by atoms with Gasteiger partial charge in [0.2, 0.25) is 5.91 Å². The lowest BCUT2D eigenvalue weighted by molar-refractivity contribution is -0.151. The van der Waals surface area contributed by atoms with Gasteiger partial charge in [-0.25, -0.2) is 0 Å². The molecular weight excluding hydrogens is 450 g/mol. The highest BCUT2D eigenvalue weighted by Gasteiger charge is 2.36. The molecule has 9 nitrogen and oxygen atoms in total. The molecule has 0 radical (unpaired) electrons. The van der Waals surface area contributed by atoms with Crippen molar-refractivity contribution in [3.63, 3.8) is 0 Å². The third kappa shape index (κ3) is 6.81. The molecule has 9 heteroatoms. The fraction of sp³-hybridized carbons (Fsp3) is 0.385. The van der Waals surface area contributed by atoms with Gasteiger partial charge in [0.1, 0.15) is 5.75 Å². The molecule has 0 saturated carbocycles. The summed E-state index contributed by atoms with van der Waals surface area (Å²) in [6.45, 7) is 7.97. The summed E-state index contributed by atoms with van der Waals surface area (Å²) in [5.41, 5.74) is 4.46. The highest BCUT2D eigenvalue weighted by Crippen LogP contribution is 2.24. The molecular formula is C26H31N3O6. The predicted octanol–water partition coefficient (Wildman–Crippen LogP) is 3.06. The average molecular weight is 482 g/mol. The lowest BCUT2D eigenvalue weighted by Gasteiger charge is -2.20. The molecule has 1 atom stereocenters. The SMILES string of the molecule is CCOc1ccccc1NC(=O)COC(=O)[C@H]1CC(=O)N(NC(=O)c2ccc(C(C)(C)C)cc2)C1. The number of hydrogen-bond acceptors (Lipinski definition) is 6. The zero-order chi connectivity index (χ0) is 25.6. The molecule has 1 saturated heterocycles. The molecule has 1 heterocycles. The van der Waals surface area contributed by atoms with E-state index in [0.29, 0.717) is 23.6 Å². The Morgan fingerprint density at radius 1 is 1.06 bits per heavy atom. The maximum Gasteiger partial charge on any atom is 0.311 e. The Morgan fingerprint density at radius 2 is 1.74 bits per heavy atom. The fourth-order valence-corrected chi connectivity index (χ4v) is 3.57. The molecule has 35 heavy (non-hydrogen) atoms. The van der Waals surface area contributed by atoms with Gasteiger partial charge in [-0.05, 0) is 42.2 Å². The molecule has 0 spiro atoms. The first kappa shape index (κ1) is 25.7. The van der Waals surface area contributed by atoms with Crippen LogP contribution in [-0.2, 0) is 24.5 Å². The van der Waals surface area contributed by atoms with E-state index in [0.717, 1.165) is 10.6 Å². The molecule has 1 aliphatic heterocycles. The van der Waals surface area contributed by atoms with E-state index in [1.807, 2.05) is 19.1 Å². The highest BCUT2D eigenvalue weighted by molar-refractivity contribution is 5.97. The zero-order valence-electron chi connectivity index (χ0n) is 20.4. The van der Waals surface area contributed by atoms with Crippen LogP contribution in [0.25, 0.3) is 0 Å². The van der Waals surface area contributed by atoms with Gasteiger partial charge in [0, 0.05) is 12.0 Å². The number of hydrazine groups is 1. The van der Waals surface area contributed by atoms with Crippen molar-refractivity contribution in [3.05, 3.63) is 59.7 Å². The van der Waals surface area contributed by atoms with Gasteiger partial charge in [0.25, 0.3) is 11.8 Å². The van der Waals surface area contributed by atoms with Crippen LogP contribution in [0.1, 0.15) is 50.0 Å². The maximum atomic E-state index is 12.6. The van der Waals surface area contributed by atoms with Gasteiger partial charge in [-0.1, -0.05) is 45.0 Å². The number of benzene rings is 2. The normalized spacial score (nSPS) is 15.5. The molecule has 0 bridgehead atoms. The minimum atomic E-state index is -0.783. The van der Waals surface area contributed by atoms with Gasteiger partial charge >= 0.3 is 5.97 Å². The van der Waals surface area contributed by atoms with Gasteiger partial charge < -0.3 is 14.8 Å². The predicted molar refractivity (Wildman–Crippen MR) is 130 cm³/mol. The van der Waals surface area contributed by atoms with Crippen LogP contribution in [0.2, 0.25) is 0 Å². The Kier molecular flexibility index (Phi) is 8.11. The number of hydrogen-bond donors (Lipinski definition) is 2. The smallest absolute Gasteiger partial charge is 0.311 e. The average Bonchev–Trinajstić information content (AvgIpc) is 3.18. The van der Waals surface area contributed by atoms with E-state index in [9.17, 15) is 19.2 Å². The molecule has 2 aromatic rings. The number of nitrogens with zero attached hydrogens (tertiary/aromatic N) is 1. The van der Waals surface area contributed by atoms with E-state index in [-0.39, 0.29) is 18.4 Å². The van der Waals surface area contributed by atoms with Crippen molar-refractivity contribution in [2.24, 2.45) is 5.92 Å². The van der Waals surface area contributed by atoms with Crippen molar-refractivity contribution in [1.29, 1.82) is 0 Å². The number of amides is 3. The first-order valence-electron chi connectivity index (χ1n) is 11.5. The van der Waals surface area contributed by atoms with Gasteiger partial charge in [-0.15, -0.1) is 0 Å². The van der Waals surface area contributed by atoms with E-state index in [1.165, 1.54) is 0 Å². The van der Waals surface area contributed by atoms with Crippen LogP contribution < -0.4 is 15.5 Å². The van der Waals surface area contributed by atoms with E-state index in [4.69, 9.17) is 9.47 Å². The number of para-hydroxylation sites is 2. The Labute approximate surface area is 204 Å². The second-order valence-corrected chi connectivity index (χ2v) is 9.26. The maximum absolute atomic E-state index is 12.6. The Hall–Kier alpha value is -3.88. The fourth-order valence-electron chi connectivity index (χ4n) is 3.57. The third-order valence-electron chi connectivity index (χ3n) is 5.51. The molecule has 2 aromatic carbocycles. The molecule has 1 aliphatic rings. The van der Waals surface area contributed by atoms with Crippen molar-refractivity contribution in [1.82, 2.24) is 10.4 Å². The molecule has 186 valence electrons. The number of carbonyl (C=O) groups excluding carboxylic acids is 4. The monoisotopic (exact) mass is 481 g/mol. The van der Waals surface area contributed by atoms with Crippen molar-refractivity contribution in [2.75, 3.05) is 25.1 Å². The highest BCUT2D eigenvalue weighted by atomic mass is 16.5. The molecule has 0 unspecified atom stereocenters.